The van der Waals surface area contributed by atoms with E-state index in [4.69, 9.17) is 16.3 Å². The summed E-state index contributed by atoms with van der Waals surface area (Å²) in [4.78, 5) is 26.5. The first kappa shape index (κ1) is 22.7. The number of carbonyl (C=O) groups excluding carboxylic acids is 2. The van der Waals surface area contributed by atoms with Crippen molar-refractivity contribution in [3.63, 3.8) is 0 Å². The molecule has 2 N–H and O–H groups in total. The van der Waals surface area contributed by atoms with Crippen LogP contribution < -0.4 is 15.4 Å². The van der Waals surface area contributed by atoms with E-state index in [9.17, 15) is 9.59 Å². The third kappa shape index (κ3) is 7.07. The van der Waals surface area contributed by atoms with Crippen LogP contribution in [-0.4, -0.2) is 44.0 Å². The minimum absolute atomic E-state index is 0.0563. The number of methoxy groups -OCH3 is 1. The number of amides is 2. The summed E-state index contributed by atoms with van der Waals surface area (Å²) >= 11 is 5.99. The molecule has 0 radical (unpaired) electrons. The third-order valence-electron chi connectivity index (χ3n) is 4.40. The van der Waals surface area contributed by atoms with E-state index in [2.05, 4.69) is 24.5 Å². The van der Waals surface area contributed by atoms with Gasteiger partial charge in [0.25, 0.3) is 0 Å². The number of nitrogens with one attached hydrogen (secondary N) is 2. The second-order valence-electron chi connectivity index (χ2n) is 7.26. The van der Waals surface area contributed by atoms with Gasteiger partial charge in [-0.15, -0.1) is 0 Å². The molecule has 1 unspecified atom stereocenters. The van der Waals surface area contributed by atoms with Gasteiger partial charge in [0, 0.05) is 5.02 Å². The number of carbonyl (C=O) groups is 2. The zero-order valence-electron chi connectivity index (χ0n) is 17.2. The molecule has 156 valence electrons. The smallest absolute Gasteiger partial charge is 0.238 e. The number of nitrogens with zero attached hydrogens (tertiary/aromatic N) is 1. The van der Waals surface area contributed by atoms with Crippen LogP contribution >= 0.6 is 11.6 Å². The summed E-state index contributed by atoms with van der Waals surface area (Å²) in [7, 11) is 3.24. The van der Waals surface area contributed by atoms with Crippen LogP contribution in [0.25, 0.3) is 0 Å². The summed E-state index contributed by atoms with van der Waals surface area (Å²) in [6.07, 6.45) is 0. The molecule has 29 heavy (non-hydrogen) atoms. The van der Waals surface area contributed by atoms with Crippen molar-refractivity contribution in [2.24, 2.45) is 5.92 Å². The fourth-order valence-electron chi connectivity index (χ4n) is 3.03. The fourth-order valence-corrected chi connectivity index (χ4v) is 3.20. The Bertz CT molecular complexity index is 827. The molecule has 2 aromatic rings. The molecule has 2 aromatic carbocycles. The number of likely N-dealkylation sites (N-methyl/N-ethyl adjacent to an activating group) is 1. The largest absolute Gasteiger partial charge is 0.495 e. The molecule has 1 atom stereocenters. The lowest BCUT2D eigenvalue weighted by molar-refractivity contribution is -0.123. The molecule has 0 saturated heterocycles. The highest BCUT2D eigenvalue weighted by Gasteiger charge is 2.19. The first-order chi connectivity index (χ1) is 13.8. The van der Waals surface area contributed by atoms with Gasteiger partial charge < -0.3 is 15.4 Å². The van der Waals surface area contributed by atoms with Crippen LogP contribution in [-0.2, 0) is 9.59 Å². The van der Waals surface area contributed by atoms with E-state index in [1.807, 2.05) is 30.3 Å². The SMILES string of the molecule is COc1ccc(Cl)cc1NC(=O)CN(C)CC(=O)NC(c1ccccc1)C(C)C. The molecule has 0 saturated carbocycles. The van der Waals surface area contributed by atoms with Crippen molar-refractivity contribution < 1.29 is 14.3 Å². The maximum absolute atomic E-state index is 12.5. The van der Waals surface area contributed by atoms with Crippen molar-refractivity contribution >= 4 is 29.1 Å². The fraction of sp³-hybridized carbons (Fsp3) is 0.364. The van der Waals surface area contributed by atoms with Gasteiger partial charge in [0.05, 0.1) is 31.9 Å². The Hall–Kier alpha value is -2.57. The van der Waals surface area contributed by atoms with E-state index >= 15 is 0 Å². The lowest BCUT2D eigenvalue weighted by atomic mass is 9.96. The van der Waals surface area contributed by atoms with Crippen molar-refractivity contribution in [2.75, 3.05) is 32.6 Å². The molecule has 2 amide bonds. The van der Waals surface area contributed by atoms with Crippen LogP contribution in [0, 0.1) is 5.92 Å². The number of benzene rings is 2. The molecule has 0 spiro atoms. The molecule has 0 aliphatic heterocycles. The molecule has 0 bridgehead atoms. The zero-order chi connectivity index (χ0) is 21.4. The summed E-state index contributed by atoms with van der Waals surface area (Å²) in [6.45, 7) is 4.29. The highest BCUT2D eigenvalue weighted by Crippen LogP contribution is 2.27. The summed E-state index contributed by atoms with van der Waals surface area (Å²) in [5.41, 5.74) is 1.55. The van der Waals surface area contributed by atoms with Gasteiger partial charge in [-0.25, -0.2) is 0 Å². The average molecular weight is 418 g/mol. The Balaban J connectivity index is 1.91. The summed E-state index contributed by atoms with van der Waals surface area (Å²) in [5.74, 6) is 0.364. The molecule has 0 fully saturated rings. The van der Waals surface area contributed by atoms with Gasteiger partial charge in [-0.2, -0.15) is 0 Å². The Kier molecular flexibility index (Phi) is 8.49. The summed E-state index contributed by atoms with van der Waals surface area (Å²) in [6, 6.07) is 14.8. The van der Waals surface area contributed by atoms with E-state index < -0.39 is 0 Å². The van der Waals surface area contributed by atoms with Crippen molar-refractivity contribution in [1.29, 1.82) is 0 Å². The molecule has 0 heterocycles. The van der Waals surface area contributed by atoms with Gasteiger partial charge in [0.2, 0.25) is 11.8 Å². The lowest BCUT2D eigenvalue weighted by Crippen LogP contribution is -2.41. The normalized spacial score (nSPS) is 12.0. The van der Waals surface area contributed by atoms with Gasteiger partial charge in [0.15, 0.2) is 0 Å². The number of hydrogen-bond donors (Lipinski definition) is 2. The van der Waals surface area contributed by atoms with Gasteiger partial charge in [-0.1, -0.05) is 55.8 Å². The molecule has 2 rings (SSSR count). The van der Waals surface area contributed by atoms with E-state index in [0.29, 0.717) is 16.5 Å². The minimum Gasteiger partial charge on any atom is -0.495 e. The highest BCUT2D eigenvalue weighted by molar-refractivity contribution is 6.31. The predicted octanol–water partition coefficient (Wildman–Crippen LogP) is 3.73. The maximum Gasteiger partial charge on any atom is 0.238 e. The van der Waals surface area contributed by atoms with Crippen LogP contribution in [0.15, 0.2) is 48.5 Å². The van der Waals surface area contributed by atoms with Crippen molar-refractivity contribution in [3.05, 3.63) is 59.1 Å². The van der Waals surface area contributed by atoms with E-state index in [-0.39, 0.29) is 36.9 Å². The topological polar surface area (TPSA) is 70.7 Å². The quantitative estimate of drug-likeness (QED) is 0.652. The van der Waals surface area contributed by atoms with Gasteiger partial charge in [-0.05, 0) is 36.7 Å². The Morgan fingerprint density at radius 2 is 1.72 bits per heavy atom. The van der Waals surface area contributed by atoms with Gasteiger partial charge in [0.1, 0.15) is 5.75 Å². The number of hydrogen-bond acceptors (Lipinski definition) is 4. The minimum atomic E-state index is -0.260. The summed E-state index contributed by atoms with van der Waals surface area (Å²) < 4.78 is 5.23. The number of anilines is 1. The number of rotatable bonds is 9. The number of ether oxygens (including phenoxy) is 1. The molecule has 0 aliphatic carbocycles. The first-order valence-electron chi connectivity index (χ1n) is 9.46. The van der Waals surface area contributed by atoms with Gasteiger partial charge in [-0.3, -0.25) is 14.5 Å². The molecule has 0 aliphatic rings. The van der Waals surface area contributed by atoms with Crippen LogP contribution in [0.2, 0.25) is 5.02 Å². The van der Waals surface area contributed by atoms with Gasteiger partial charge >= 0.3 is 0 Å². The number of halogens is 1. The molecule has 0 aromatic heterocycles. The summed E-state index contributed by atoms with van der Waals surface area (Å²) in [5, 5.41) is 6.33. The molecular weight excluding hydrogens is 390 g/mol. The van der Waals surface area contributed by atoms with Crippen LogP contribution in [0.4, 0.5) is 5.69 Å². The van der Waals surface area contributed by atoms with Crippen molar-refractivity contribution in [1.82, 2.24) is 10.2 Å². The van der Waals surface area contributed by atoms with E-state index in [1.54, 1.807) is 30.1 Å². The second-order valence-corrected chi connectivity index (χ2v) is 7.70. The standard InChI is InChI=1S/C22H28ClN3O3/c1-15(2)22(16-8-6-5-7-9-16)25-21(28)14-26(3)13-20(27)24-18-12-17(23)10-11-19(18)29-4/h5-12,15,22H,13-14H2,1-4H3,(H,24,27)(H,25,28). The average Bonchev–Trinajstić information content (AvgIpc) is 2.66. The lowest BCUT2D eigenvalue weighted by Gasteiger charge is -2.24. The first-order valence-corrected chi connectivity index (χ1v) is 9.84. The highest BCUT2D eigenvalue weighted by atomic mass is 35.5. The van der Waals surface area contributed by atoms with Crippen LogP contribution in [0.1, 0.15) is 25.5 Å². The second kappa shape index (κ2) is 10.8. The zero-order valence-corrected chi connectivity index (χ0v) is 18.0. The Morgan fingerprint density at radius 1 is 1.07 bits per heavy atom. The predicted molar refractivity (Wildman–Crippen MR) is 116 cm³/mol. The molecule has 7 heteroatoms. The van der Waals surface area contributed by atoms with E-state index in [0.717, 1.165) is 5.56 Å². The molecule has 6 nitrogen and oxygen atoms in total. The maximum atomic E-state index is 12.5. The molecular formula is C22H28ClN3O3. The Morgan fingerprint density at radius 3 is 2.34 bits per heavy atom. The van der Waals surface area contributed by atoms with Crippen molar-refractivity contribution in [2.45, 2.75) is 19.9 Å². The monoisotopic (exact) mass is 417 g/mol. The van der Waals surface area contributed by atoms with Crippen LogP contribution in [0.3, 0.4) is 0 Å². The van der Waals surface area contributed by atoms with Crippen molar-refractivity contribution in [3.8, 4) is 5.75 Å². The third-order valence-corrected chi connectivity index (χ3v) is 4.64. The van der Waals surface area contributed by atoms with E-state index in [1.165, 1.54) is 7.11 Å². The van der Waals surface area contributed by atoms with Crippen LogP contribution in [0.5, 0.6) is 5.75 Å². The Labute approximate surface area is 177 Å².